The second-order valence-electron chi connectivity index (χ2n) is 4.64. The van der Waals surface area contributed by atoms with Crippen LogP contribution in [0.25, 0.3) is 0 Å². The average molecular weight is 256 g/mol. The van der Waals surface area contributed by atoms with E-state index in [9.17, 15) is 0 Å². The van der Waals surface area contributed by atoms with E-state index in [0.717, 1.165) is 30.1 Å². The summed E-state index contributed by atoms with van der Waals surface area (Å²) in [7, 11) is 1.64. The molecule has 5 nitrogen and oxygen atoms in total. The Morgan fingerprint density at radius 3 is 2.79 bits per heavy atom. The van der Waals surface area contributed by atoms with Gasteiger partial charge in [0.05, 0.1) is 12.8 Å². The number of nitrogen functional groups attached to an aromatic ring is 1. The Kier molecular flexibility index (Phi) is 2.95. The number of aromatic nitrogens is 2. The molecule has 3 rings (SSSR count). The molecule has 2 aromatic rings. The van der Waals surface area contributed by atoms with E-state index in [0.29, 0.717) is 17.6 Å². The number of methoxy groups -OCH3 is 1. The van der Waals surface area contributed by atoms with E-state index in [1.54, 1.807) is 13.2 Å². The van der Waals surface area contributed by atoms with Crippen molar-refractivity contribution in [1.29, 1.82) is 0 Å². The zero-order valence-electron chi connectivity index (χ0n) is 10.8. The van der Waals surface area contributed by atoms with Gasteiger partial charge in [0.25, 0.3) is 0 Å². The summed E-state index contributed by atoms with van der Waals surface area (Å²) >= 11 is 0. The minimum Gasteiger partial charge on any atom is -0.495 e. The van der Waals surface area contributed by atoms with Gasteiger partial charge in [0.2, 0.25) is 0 Å². The molecule has 1 aromatic heterocycles. The summed E-state index contributed by atoms with van der Waals surface area (Å²) in [5.74, 6) is 3.28. The van der Waals surface area contributed by atoms with Crippen LogP contribution >= 0.6 is 0 Å². The summed E-state index contributed by atoms with van der Waals surface area (Å²) in [6.07, 6.45) is 2.30. The van der Waals surface area contributed by atoms with Gasteiger partial charge in [-0.2, -0.15) is 0 Å². The maximum Gasteiger partial charge on any atom is 0.142 e. The smallest absolute Gasteiger partial charge is 0.142 e. The fourth-order valence-electron chi connectivity index (χ4n) is 1.96. The van der Waals surface area contributed by atoms with Crippen molar-refractivity contribution in [3.8, 4) is 5.75 Å². The van der Waals surface area contributed by atoms with Crippen LogP contribution in [-0.4, -0.2) is 17.1 Å². The lowest BCUT2D eigenvalue weighted by Gasteiger charge is -2.11. The number of anilines is 3. The molecule has 0 atom stereocenters. The summed E-state index contributed by atoms with van der Waals surface area (Å²) < 4.78 is 5.30. The molecule has 0 saturated heterocycles. The minimum absolute atomic E-state index is 0.474. The third-order valence-corrected chi connectivity index (χ3v) is 3.08. The normalized spacial score (nSPS) is 14.2. The number of ether oxygens (including phenoxy) is 1. The average Bonchev–Trinajstić information content (AvgIpc) is 3.23. The third kappa shape index (κ3) is 2.59. The first-order valence-corrected chi connectivity index (χ1v) is 6.31. The first-order valence-electron chi connectivity index (χ1n) is 6.31. The van der Waals surface area contributed by atoms with Crippen molar-refractivity contribution in [3.05, 3.63) is 36.2 Å². The van der Waals surface area contributed by atoms with Gasteiger partial charge in [0.15, 0.2) is 0 Å². The van der Waals surface area contributed by atoms with E-state index in [4.69, 9.17) is 10.5 Å². The van der Waals surface area contributed by atoms with Crippen molar-refractivity contribution in [1.82, 2.24) is 9.97 Å². The molecule has 0 spiro atoms. The van der Waals surface area contributed by atoms with E-state index in [1.807, 2.05) is 24.3 Å². The molecule has 1 aliphatic carbocycles. The number of nitrogens with two attached hydrogens (primary N) is 1. The van der Waals surface area contributed by atoms with Gasteiger partial charge in [-0.3, -0.25) is 0 Å². The van der Waals surface area contributed by atoms with Crippen LogP contribution in [0.3, 0.4) is 0 Å². The highest BCUT2D eigenvalue weighted by Gasteiger charge is 2.27. The number of nitrogens with one attached hydrogen (secondary N) is 1. The highest BCUT2D eigenvalue weighted by molar-refractivity contribution is 5.65. The maximum atomic E-state index is 5.83. The van der Waals surface area contributed by atoms with E-state index >= 15 is 0 Å². The minimum atomic E-state index is 0.474. The van der Waals surface area contributed by atoms with Gasteiger partial charge in [0.1, 0.15) is 23.2 Å². The summed E-state index contributed by atoms with van der Waals surface area (Å²) in [4.78, 5) is 8.78. The van der Waals surface area contributed by atoms with Crippen molar-refractivity contribution < 1.29 is 4.74 Å². The van der Waals surface area contributed by atoms with Crippen LogP contribution in [0.2, 0.25) is 0 Å². The standard InChI is InChI=1S/C14H16N4O/c1-19-11-5-3-2-4-10(11)16-13-8-12(15)17-14(18-13)9-6-7-9/h2-5,8-9H,6-7H2,1H3,(H3,15,16,17,18). The predicted octanol–water partition coefficient (Wildman–Crippen LogP) is 2.69. The zero-order chi connectivity index (χ0) is 13.2. The predicted molar refractivity (Wildman–Crippen MR) is 74.7 cm³/mol. The van der Waals surface area contributed by atoms with Crippen LogP contribution in [0, 0.1) is 0 Å². The molecule has 1 aliphatic rings. The number of rotatable bonds is 4. The maximum absolute atomic E-state index is 5.83. The van der Waals surface area contributed by atoms with Crippen molar-refractivity contribution in [2.45, 2.75) is 18.8 Å². The molecule has 0 radical (unpaired) electrons. The Bertz CT molecular complexity index is 596. The Balaban J connectivity index is 1.90. The monoisotopic (exact) mass is 256 g/mol. The van der Waals surface area contributed by atoms with Crippen LogP contribution in [0.5, 0.6) is 5.75 Å². The summed E-state index contributed by atoms with van der Waals surface area (Å²) in [6, 6.07) is 9.44. The molecule has 1 saturated carbocycles. The van der Waals surface area contributed by atoms with Crippen LogP contribution in [0.4, 0.5) is 17.3 Å². The molecule has 0 bridgehead atoms. The van der Waals surface area contributed by atoms with Gasteiger partial charge in [-0.1, -0.05) is 12.1 Å². The molecule has 19 heavy (non-hydrogen) atoms. The molecule has 0 unspecified atom stereocenters. The van der Waals surface area contributed by atoms with Crippen molar-refractivity contribution in [2.75, 3.05) is 18.2 Å². The van der Waals surface area contributed by atoms with Crippen LogP contribution in [-0.2, 0) is 0 Å². The zero-order valence-corrected chi connectivity index (χ0v) is 10.8. The fourth-order valence-corrected chi connectivity index (χ4v) is 1.96. The number of hydrogen-bond acceptors (Lipinski definition) is 5. The highest BCUT2D eigenvalue weighted by Crippen LogP contribution is 2.39. The second-order valence-corrected chi connectivity index (χ2v) is 4.64. The topological polar surface area (TPSA) is 73.1 Å². The van der Waals surface area contributed by atoms with E-state index in [-0.39, 0.29) is 0 Å². The largest absolute Gasteiger partial charge is 0.495 e. The molecule has 1 heterocycles. The summed E-state index contributed by atoms with van der Waals surface area (Å²) in [5, 5.41) is 3.23. The van der Waals surface area contributed by atoms with Crippen LogP contribution < -0.4 is 15.8 Å². The summed E-state index contributed by atoms with van der Waals surface area (Å²) in [6.45, 7) is 0. The van der Waals surface area contributed by atoms with Gasteiger partial charge in [-0.15, -0.1) is 0 Å². The Hall–Kier alpha value is -2.30. The second kappa shape index (κ2) is 4.76. The molecular weight excluding hydrogens is 240 g/mol. The van der Waals surface area contributed by atoms with Crippen molar-refractivity contribution in [2.24, 2.45) is 0 Å². The molecule has 5 heteroatoms. The number of nitrogens with zero attached hydrogens (tertiary/aromatic N) is 2. The quantitative estimate of drug-likeness (QED) is 0.879. The van der Waals surface area contributed by atoms with Gasteiger partial charge in [-0.05, 0) is 25.0 Å². The van der Waals surface area contributed by atoms with Gasteiger partial charge in [-0.25, -0.2) is 9.97 Å². The SMILES string of the molecule is COc1ccccc1Nc1cc(N)nc(C2CC2)n1. The van der Waals surface area contributed by atoms with E-state index < -0.39 is 0 Å². The fraction of sp³-hybridized carbons (Fsp3) is 0.286. The lowest BCUT2D eigenvalue weighted by atomic mass is 10.3. The molecular formula is C14H16N4O. The first-order chi connectivity index (χ1) is 9.26. The molecule has 1 aromatic carbocycles. The summed E-state index contributed by atoms with van der Waals surface area (Å²) in [5.41, 5.74) is 6.69. The number of benzene rings is 1. The Morgan fingerprint density at radius 1 is 1.26 bits per heavy atom. The third-order valence-electron chi connectivity index (χ3n) is 3.08. The van der Waals surface area contributed by atoms with Gasteiger partial charge >= 0.3 is 0 Å². The Morgan fingerprint density at radius 2 is 2.05 bits per heavy atom. The van der Waals surface area contributed by atoms with Crippen molar-refractivity contribution in [3.63, 3.8) is 0 Å². The lowest BCUT2D eigenvalue weighted by molar-refractivity contribution is 0.417. The molecule has 3 N–H and O–H groups in total. The van der Waals surface area contributed by atoms with Crippen LogP contribution in [0.1, 0.15) is 24.6 Å². The van der Waals surface area contributed by atoms with Gasteiger partial charge in [0, 0.05) is 12.0 Å². The molecule has 98 valence electrons. The molecule has 0 amide bonds. The van der Waals surface area contributed by atoms with E-state index in [2.05, 4.69) is 15.3 Å². The van der Waals surface area contributed by atoms with Crippen molar-refractivity contribution >= 4 is 17.3 Å². The molecule has 0 aliphatic heterocycles. The highest BCUT2D eigenvalue weighted by atomic mass is 16.5. The Labute approximate surface area is 111 Å². The van der Waals surface area contributed by atoms with Crippen LogP contribution in [0.15, 0.2) is 30.3 Å². The lowest BCUT2D eigenvalue weighted by Crippen LogP contribution is -2.03. The van der Waals surface area contributed by atoms with E-state index in [1.165, 1.54) is 0 Å². The number of hydrogen-bond donors (Lipinski definition) is 2. The molecule has 1 fully saturated rings. The first kappa shape index (κ1) is 11.8. The van der Waals surface area contributed by atoms with Gasteiger partial charge < -0.3 is 15.8 Å². The number of para-hydroxylation sites is 2.